The second-order valence-electron chi connectivity index (χ2n) is 1.81. The van der Waals surface area contributed by atoms with Crippen molar-refractivity contribution in [1.29, 1.82) is 0 Å². The van der Waals surface area contributed by atoms with Gasteiger partial charge in [-0.25, -0.2) is 16.8 Å². The second kappa shape index (κ2) is 3.75. The molecule has 0 aromatic rings. The summed E-state index contributed by atoms with van der Waals surface area (Å²) in [6.07, 6.45) is 0. The smallest absolute Gasteiger partial charge is 0.745 e. The Kier molecular flexibility index (Phi) is 4.71. The van der Waals surface area contributed by atoms with E-state index >= 15 is 0 Å². The first-order valence-corrected chi connectivity index (χ1v) is 4.95. The summed E-state index contributed by atoms with van der Waals surface area (Å²) in [5, 5.41) is 8.39. The molecule has 0 amide bonds. The van der Waals surface area contributed by atoms with Crippen molar-refractivity contribution in [2.75, 3.05) is 0 Å². The second-order valence-corrected chi connectivity index (χ2v) is 5.47. The van der Waals surface area contributed by atoms with Crippen molar-refractivity contribution < 1.29 is 31.0 Å². The van der Waals surface area contributed by atoms with Crippen LogP contribution in [0.2, 0.25) is 0 Å². The predicted molar refractivity (Wildman–Crippen MR) is 35.8 cm³/mol. The molecule has 2 radical (unpaired) electrons. The van der Waals surface area contributed by atoms with E-state index in [1.165, 1.54) is 0 Å². The standard InChI is InChI=1S/C2H6O7S2.Sn/c1-2(3,10(4,5)6)11(7,8)9;/h3H,1H3,(H,4,5,6)(H,7,8,9);/q;+2/p-2. The maximum Gasteiger partial charge on any atom is 2.00 e. The van der Waals surface area contributed by atoms with Crippen molar-refractivity contribution in [1.82, 2.24) is 0 Å². The van der Waals surface area contributed by atoms with E-state index in [0.29, 0.717) is 0 Å². The van der Waals surface area contributed by atoms with Gasteiger partial charge in [-0.15, -0.1) is 0 Å². The van der Waals surface area contributed by atoms with Crippen LogP contribution in [0.1, 0.15) is 6.92 Å². The average Bonchev–Trinajstić information content (AvgIpc) is 1.58. The van der Waals surface area contributed by atoms with E-state index in [0.717, 1.165) is 0 Å². The summed E-state index contributed by atoms with van der Waals surface area (Å²) in [6, 6.07) is 0. The third-order valence-corrected chi connectivity index (χ3v) is 4.01. The first-order valence-electron chi connectivity index (χ1n) is 2.13. The van der Waals surface area contributed by atoms with Gasteiger partial charge in [-0.2, -0.15) is 0 Å². The molecule has 0 atom stereocenters. The van der Waals surface area contributed by atoms with E-state index in [9.17, 15) is 25.9 Å². The van der Waals surface area contributed by atoms with E-state index in [1.54, 1.807) is 0 Å². The number of hydrogen-bond acceptors (Lipinski definition) is 7. The van der Waals surface area contributed by atoms with E-state index in [1.807, 2.05) is 0 Å². The summed E-state index contributed by atoms with van der Waals surface area (Å²) in [5.74, 6) is 0. The minimum absolute atomic E-state index is 0. The van der Waals surface area contributed by atoms with Crippen molar-refractivity contribution in [3.05, 3.63) is 0 Å². The van der Waals surface area contributed by atoms with Gasteiger partial charge in [-0.05, 0) is 6.92 Å². The molecule has 0 bridgehead atoms. The normalized spacial score (nSPS) is 13.7. The van der Waals surface area contributed by atoms with Crippen molar-refractivity contribution in [2.24, 2.45) is 0 Å². The Hall–Kier alpha value is 0.579. The van der Waals surface area contributed by atoms with Gasteiger partial charge in [0.15, 0.2) is 0 Å². The monoisotopic (exact) mass is 324 g/mol. The summed E-state index contributed by atoms with van der Waals surface area (Å²) in [7, 11) is -11.1. The van der Waals surface area contributed by atoms with Crippen molar-refractivity contribution in [3.63, 3.8) is 0 Å². The largest absolute Gasteiger partial charge is 2.00 e. The quantitative estimate of drug-likeness (QED) is 0.433. The summed E-state index contributed by atoms with van der Waals surface area (Å²) in [5.41, 5.74) is 0. The van der Waals surface area contributed by atoms with E-state index in [4.69, 9.17) is 5.11 Å². The van der Waals surface area contributed by atoms with Crippen molar-refractivity contribution in [3.8, 4) is 0 Å². The van der Waals surface area contributed by atoms with Gasteiger partial charge in [0.25, 0.3) is 0 Å². The molecule has 70 valence electrons. The molecule has 0 aliphatic carbocycles. The maximum absolute atomic E-state index is 9.91. The molecule has 0 saturated heterocycles. The Labute approximate surface area is 86.2 Å². The topological polar surface area (TPSA) is 135 Å². The number of aliphatic hydroxyl groups is 1. The van der Waals surface area contributed by atoms with E-state index in [2.05, 4.69) is 0 Å². The van der Waals surface area contributed by atoms with Crippen LogP contribution in [0, 0.1) is 0 Å². The first kappa shape index (κ1) is 15.1. The third kappa shape index (κ3) is 2.81. The molecule has 0 spiro atoms. The van der Waals surface area contributed by atoms with Gasteiger partial charge >= 0.3 is 23.9 Å². The Balaban J connectivity index is 0. The molecule has 0 rings (SSSR count). The van der Waals surface area contributed by atoms with Crippen LogP contribution in [0.3, 0.4) is 0 Å². The zero-order valence-electron chi connectivity index (χ0n) is 5.71. The predicted octanol–water partition coefficient (Wildman–Crippen LogP) is -2.64. The van der Waals surface area contributed by atoms with E-state index in [-0.39, 0.29) is 30.8 Å². The molecule has 0 aromatic carbocycles. The van der Waals surface area contributed by atoms with Crippen LogP contribution >= 0.6 is 0 Å². The zero-order valence-corrected chi connectivity index (χ0v) is 10.2. The molecule has 0 aliphatic rings. The number of hydrogen-bond donors (Lipinski definition) is 1. The number of rotatable bonds is 2. The van der Waals surface area contributed by atoms with Gasteiger partial charge in [-0.3, -0.25) is 0 Å². The molecule has 0 aromatic heterocycles. The van der Waals surface area contributed by atoms with Gasteiger partial charge in [0.05, 0.1) is 0 Å². The molecule has 12 heavy (non-hydrogen) atoms. The van der Waals surface area contributed by atoms with E-state index < -0.39 is 24.5 Å². The molecule has 0 fully saturated rings. The Morgan fingerprint density at radius 3 is 1.25 bits per heavy atom. The summed E-state index contributed by atoms with van der Waals surface area (Å²) in [6.45, 7) is 0.109. The summed E-state index contributed by atoms with van der Waals surface area (Å²) >= 11 is 0. The molecule has 0 aliphatic heterocycles. The van der Waals surface area contributed by atoms with Crippen LogP contribution in [0.4, 0.5) is 0 Å². The minimum atomic E-state index is -5.55. The van der Waals surface area contributed by atoms with Crippen LogP contribution in [0.25, 0.3) is 0 Å². The molecule has 0 heterocycles. The van der Waals surface area contributed by atoms with Crippen LogP contribution in [0.5, 0.6) is 0 Å². The molecule has 10 heteroatoms. The van der Waals surface area contributed by atoms with Crippen molar-refractivity contribution >= 4 is 44.1 Å². The van der Waals surface area contributed by atoms with Crippen LogP contribution in [-0.4, -0.2) is 59.2 Å². The molecule has 0 saturated carbocycles. The average molecular weight is 323 g/mol. The zero-order chi connectivity index (χ0) is 9.50. The SMILES string of the molecule is CC(O)(S(=O)(=O)[O-])S(=O)(=O)[O-].[Sn+2]. The van der Waals surface area contributed by atoms with Crippen molar-refractivity contribution in [2.45, 2.75) is 11.2 Å². The fourth-order valence-electron chi connectivity index (χ4n) is 0.125. The fraction of sp³-hybridized carbons (Fsp3) is 1.00. The van der Waals surface area contributed by atoms with Crippen LogP contribution < -0.4 is 0 Å². The van der Waals surface area contributed by atoms with Gasteiger partial charge in [0.2, 0.25) is 4.27 Å². The maximum atomic E-state index is 9.91. The van der Waals surface area contributed by atoms with Crippen LogP contribution in [-0.2, 0) is 20.2 Å². The Morgan fingerprint density at radius 2 is 1.25 bits per heavy atom. The molecule has 0 unspecified atom stereocenters. The minimum Gasteiger partial charge on any atom is -0.745 e. The Morgan fingerprint density at radius 1 is 1.08 bits per heavy atom. The summed E-state index contributed by atoms with van der Waals surface area (Å²) in [4.78, 5) is 0. The Bertz CT molecular complexity index is 302. The molecule has 7 nitrogen and oxygen atoms in total. The van der Waals surface area contributed by atoms with Gasteiger partial charge < -0.3 is 14.2 Å². The van der Waals surface area contributed by atoms with Crippen LogP contribution in [0.15, 0.2) is 0 Å². The first-order chi connectivity index (χ1) is 4.50. The third-order valence-electron chi connectivity index (χ3n) is 0.928. The summed E-state index contributed by atoms with van der Waals surface area (Å²) < 4.78 is 55.7. The molecular weight excluding hydrogens is 319 g/mol. The molecule has 1 N–H and O–H groups in total. The fourth-order valence-corrected chi connectivity index (χ4v) is 1.12. The van der Waals surface area contributed by atoms with Gasteiger partial charge in [-0.1, -0.05) is 0 Å². The van der Waals surface area contributed by atoms with Gasteiger partial charge in [0.1, 0.15) is 20.2 Å². The molecular formula is C2H4O7S2Sn. The van der Waals surface area contributed by atoms with Gasteiger partial charge in [0, 0.05) is 0 Å².